The van der Waals surface area contributed by atoms with Crippen LogP contribution >= 0.6 is 0 Å². The van der Waals surface area contributed by atoms with Gasteiger partial charge in [0.1, 0.15) is 6.26 Å². The van der Waals surface area contributed by atoms with Crippen LogP contribution in [-0.4, -0.2) is 48.0 Å². The molecule has 1 saturated heterocycles. The zero-order valence-corrected chi connectivity index (χ0v) is 14.3. The Labute approximate surface area is 152 Å². The van der Waals surface area contributed by atoms with Gasteiger partial charge in [-0.3, -0.25) is 9.59 Å². The number of aromatic nitrogens is 1. The van der Waals surface area contributed by atoms with Crippen molar-refractivity contribution in [1.29, 1.82) is 0 Å². The average molecular weight is 383 g/mol. The van der Waals surface area contributed by atoms with Crippen LogP contribution in [0.25, 0.3) is 0 Å². The van der Waals surface area contributed by atoms with E-state index in [9.17, 15) is 22.8 Å². The van der Waals surface area contributed by atoms with Crippen LogP contribution in [-0.2, 0) is 10.9 Å². The summed E-state index contributed by atoms with van der Waals surface area (Å²) in [7, 11) is 0. The number of carbonyl (C=O) groups excluding carboxylic acids is 2. The van der Waals surface area contributed by atoms with Gasteiger partial charge < -0.3 is 19.4 Å². The number of rotatable bonds is 3. The van der Waals surface area contributed by atoms with E-state index in [1.54, 1.807) is 0 Å². The van der Waals surface area contributed by atoms with Crippen molar-refractivity contribution in [2.75, 3.05) is 31.6 Å². The minimum Gasteiger partial charge on any atom is -0.448 e. The van der Waals surface area contributed by atoms with Gasteiger partial charge in [0.05, 0.1) is 18.8 Å². The van der Waals surface area contributed by atoms with E-state index < -0.39 is 23.6 Å². The lowest BCUT2D eigenvalue weighted by molar-refractivity contribution is -0.137. The summed E-state index contributed by atoms with van der Waals surface area (Å²) in [6.07, 6.45) is -3.58. The van der Waals surface area contributed by atoms with E-state index >= 15 is 0 Å². The Hall–Kier alpha value is -2.88. The standard InChI is InChI=1S/C17H16F3N3O4/c1-10-21-14(9-27-10)15(24)22-13-7-11(6-12(8-13)17(18,19)20)16(25)23-2-4-26-5-3-23/h6-9H,2-5H2,1H3,(H,22,24). The lowest BCUT2D eigenvalue weighted by Gasteiger charge is -2.27. The maximum Gasteiger partial charge on any atom is 0.416 e. The Morgan fingerprint density at radius 2 is 1.89 bits per heavy atom. The largest absolute Gasteiger partial charge is 0.448 e. The number of oxazole rings is 1. The van der Waals surface area contributed by atoms with Gasteiger partial charge in [-0.15, -0.1) is 0 Å². The fourth-order valence-corrected chi connectivity index (χ4v) is 2.60. The van der Waals surface area contributed by atoms with Crippen LogP contribution in [0.5, 0.6) is 0 Å². The minimum absolute atomic E-state index is 0.0778. The molecule has 1 aliphatic rings. The number of hydrogen-bond donors (Lipinski definition) is 1. The molecule has 7 nitrogen and oxygen atoms in total. The molecule has 1 fully saturated rings. The molecule has 27 heavy (non-hydrogen) atoms. The monoisotopic (exact) mass is 383 g/mol. The number of anilines is 1. The van der Waals surface area contributed by atoms with Crippen LogP contribution in [0.4, 0.5) is 18.9 Å². The fraction of sp³-hybridized carbons (Fsp3) is 0.353. The number of nitrogens with one attached hydrogen (secondary N) is 1. The van der Waals surface area contributed by atoms with E-state index in [4.69, 9.17) is 9.15 Å². The number of aryl methyl sites for hydroxylation is 1. The predicted molar refractivity (Wildman–Crippen MR) is 87.4 cm³/mol. The second-order valence-electron chi connectivity index (χ2n) is 5.91. The molecule has 144 valence electrons. The Balaban J connectivity index is 1.90. The van der Waals surface area contributed by atoms with Crippen molar-refractivity contribution in [3.63, 3.8) is 0 Å². The normalized spacial score (nSPS) is 14.9. The summed E-state index contributed by atoms with van der Waals surface area (Å²) in [5.41, 5.74) is -1.44. The van der Waals surface area contributed by atoms with E-state index in [2.05, 4.69) is 10.3 Å². The van der Waals surface area contributed by atoms with E-state index in [1.165, 1.54) is 17.9 Å². The second kappa shape index (κ2) is 7.39. The highest BCUT2D eigenvalue weighted by molar-refractivity contribution is 6.04. The molecule has 0 unspecified atom stereocenters. The van der Waals surface area contributed by atoms with Crippen molar-refractivity contribution in [3.8, 4) is 0 Å². The van der Waals surface area contributed by atoms with Crippen LogP contribution < -0.4 is 5.32 Å². The molecule has 0 aliphatic carbocycles. The number of amides is 2. The topological polar surface area (TPSA) is 84.7 Å². The smallest absolute Gasteiger partial charge is 0.416 e. The number of benzene rings is 1. The first kappa shape index (κ1) is 18.9. The zero-order chi connectivity index (χ0) is 19.6. The zero-order valence-electron chi connectivity index (χ0n) is 14.3. The van der Waals surface area contributed by atoms with E-state index in [-0.39, 0.29) is 35.9 Å². The molecule has 0 radical (unpaired) electrons. The van der Waals surface area contributed by atoms with Crippen molar-refractivity contribution in [3.05, 3.63) is 47.2 Å². The average Bonchev–Trinajstić information content (AvgIpc) is 3.07. The third kappa shape index (κ3) is 4.45. The molecular formula is C17H16F3N3O4. The Morgan fingerprint density at radius 3 is 2.48 bits per heavy atom. The summed E-state index contributed by atoms with van der Waals surface area (Å²) in [5.74, 6) is -1.06. The van der Waals surface area contributed by atoms with Crippen molar-refractivity contribution in [2.24, 2.45) is 0 Å². The van der Waals surface area contributed by atoms with Gasteiger partial charge in [-0.2, -0.15) is 13.2 Å². The van der Waals surface area contributed by atoms with Gasteiger partial charge in [-0.05, 0) is 18.2 Å². The quantitative estimate of drug-likeness (QED) is 0.881. The maximum atomic E-state index is 13.2. The van der Waals surface area contributed by atoms with Crippen LogP contribution in [0.3, 0.4) is 0 Å². The molecule has 2 amide bonds. The first-order valence-corrected chi connectivity index (χ1v) is 8.07. The molecular weight excluding hydrogens is 367 g/mol. The van der Waals surface area contributed by atoms with Gasteiger partial charge in [0.2, 0.25) is 0 Å². The van der Waals surface area contributed by atoms with E-state index in [0.717, 1.165) is 18.4 Å². The number of halogens is 3. The molecule has 1 N–H and O–H groups in total. The lowest BCUT2D eigenvalue weighted by Crippen LogP contribution is -2.40. The number of ether oxygens (including phenoxy) is 1. The molecule has 10 heteroatoms. The number of carbonyl (C=O) groups is 2. The predicted octanol–water partition coefficient (Wildman–Crippen LogP) is 2.73. The van der Waals surface area contributed by atoms with Crippen LogP contribution in [0, 0.1) is 6.92 Å². The fourth-order valence-electron chi connectivity index (χ4n) is 2.60. The van der Waals surface area contributed by atoms with Gasteiger partial charge in [0.15, 0.2) is 11.6 Å². The summed E-state index contributed by atoms with van der Waals surface area (Å²) in [6.45, 7) is 2.74. The highest BCUT2D eigenvalue weighted by atomic mass is 19.4. The summed E-state index contributed by atoms with van der Waals surface area (Å²) >= 11 is 0. The number of nitrogens with zero attached hydrogens (tertiary/aromatic N) is 2. The van der Waals surface area contributed by atoms with Crippen molar-refractivity contribution >= 4 is 17.5 Å². The van der Waals surface area contributed by atoms with Gasteiger partial charge in [0.25, 0.3) is 11.8 Å². The van der Waals surface area contributed by atoms with Crippen LogP contribution in [0.1, 0.15) is 32.3 Å². The van der Waals surface area contributed by atoms with Crippen molar-refractivity contribution < 1.29 is 31.9 Å². The highest BCUT2D eigenvalue weighted by Crippen LogP contribution is 2.32. The van der Waals surface area contributed by atoms with Gasteiger partial charge in [-0.1, -0.05) is 0 Å². The summed E-state index contributed by atoms with van der Waals surface area (Å²) in [6, 6.07) is 2.74. The molecule has 0 bridgehead atoms. The number of hydrogen-bond acceptors (Lipinski definition) is 5. The van der Waals surface area contributed by atoms with Crippen molar-refractivity contribution in [1.82, 2.24) is 9.88 Å². The van der Waals surface area contributed by atoms with E-state index in [0.29, 0.717) is 13.2 Å². The molecule has 1 aliphatic heterocycles. The van der Waals surface area contributed by atoms with Crippen LogP contribution in [0.2, 0.25) is 0 Å². The molecule has 3 rings (SSSR count). The lowest BCUT2D eigenvalue weighted by atomic mass is 10.1. The molecule has 2 heterocycles. The summed E-state index contributed by atoms with van der Waals surface area (Å²) in [5, 5.41) is 2.33. The molecule has 0 atom stereocenters. The van der Waals surface area contributed by atoms with Gasteiger partial charge in [-0.25, -0.2) is 4.98 Å². The maximum absolute atomic E-state index is 13.2. The third-order valence-electron chi connectivity index (χ3n) is 3.92. The van der Waals surface area contributed by atoms with Crippen LogP contribution in [0.15, 0.2) is 28.9 Å². The minimum atomic E-state index is -4.68. The van der Waals surface area contributed by atoms with Gasteiger partial charge in [0, 0.05) is 31.3 Å². The number of morpholine rings is 1. The van der Waals surface area contributed by atoms with E-state index in [1.807, 2.05) is 0 Å². The first-order valence-electron chi connectivity index (χ1n) is 8.07. The Morgan fingerprint density at radius 1 is 1.19 bits per heavy atom. The van der Waals surface area contributed by atoms with Gasteiger partial charge >= 0.3 is 6.18 Å². The molecule has 1 aromatic heterocycles. The molecule has 2 aromatic rings. The Kier molecular flexibility index (Phi) is 5.17. The molecule has 1 aromatic carbocycles. The molecule has 0 spiro atoms. The molecule has 0 saturated carbocycles. The second-order valence-corrected chi connectivity index (χ2v) is 5.91. The summed E-state index contributed by atoms with van der Waals surface area (Å²) < 4.78 is 49.8. The first-order chi connectivity index (χ1) is 12.7. The van der Waals surface area contributed by atoms with Crippen molar-refractivity contribution in [2.45, 2.75) is 13.1 Å². The third-order valence-corrected chi connectivity index (χ3v) is 3.92. The Bertz CT molecular complexity index is 857. The summed E-state index contributed by atoms with van der Waals surface area (Å²) in [4.78, 5) is 29.9. The SMILES string of the molecule is Cc1nc(C(=O)Nc2cc(C(=O)N3CCOCC3)cc(C(F)(F)F)c2)co1. The number of alkyl halides is 3. The highest BCUT2D eigenvalue weighted by Gasteiger charge is 2.33.